The molecule has 0 fully saturated rings. The van der Waals surface area contributed by atoms with Crippen LogP contribution < -0.4 is 4.74 Å². The van der Waals surface area contributed by atoms with Gasteiger partial charge in [0.15, 0.2) is 0 Å². The Morgan fingerprint density at radius 2 is 2.04 bits per heavy atom. The summed E-state index contributed by atoms with van der Waals surface area (Å²) < 4.78 is 19.5. The predicted octanol–water partition coefficient (Wildman–Crippen LogP) is 4.51. The molecule has 4 nitrogen and oxygen atoms in total. The molecule has 0 spiro atoms. The maximum atomic E-state index is 13.6. The van der Waals surface area contributed by atoms with E-state index in [2.05, 4.69) is 20.9 Å². The maximum absolute atomic E-state index is 13.6. The van der Waals surface area contributed by atoms with Crippen LogP contribution in [0.25, 0.3) is 22.2 Å². The Morgan fingerprint density at radius 3 is 2.74 bits per heavy atom. The normalized spacial score (nSPS) is 10.7. The molecule has 0 aliphatic heterocycles. The van der Waals surface area contributed by atoms with Crippen molar-refractivity contribution >= 4 is 32.8 Å². The molecule has 3 aromatic rings. The van der Waals surface area contributed by atoms with Gasteiger partial charge in [0.1, 0.15) is 11.6 Å². The number of rotatable bonds is 3. The third-order valence-electron chi connectivity index (χ3n) is 3.46. The lowest BCUT2D eigenvalue weighted by Gasteiger charge is -2.11. The highest BCUT2D eigenvalue weighted by atomic mass is 79.9. The highest BCUT2D eigenvalue weighted by molar-refractivity contribution is 9.10. The minimum Gasteiger partial charge on any atom is -0.496 e. The number of aromatic nitrogens is 1. The van der Waals surface area contributed by atoms with Crippen molar-refractivity contribution in [1.82, 2.24) is 4.98 Å². The number of pyridine rings is 1. The van der Waals surface area contributed by atoms with E-state index in [1.54, 1.807) is 18.2 Å². The Labute approximate surface area is 139 Å². The first-order valence-electron chi connectivity index (χ1n) is 6.67. The van der Waals surface area contributed by atoms with Gasteiger partial charge in [0, 0.05) is 15.4 Å². The molecule has 0 aliphatic carbocycles. The molecule has 0 amide bonds. The van der Waals surface area contributed by atoms with Crippen molar-refractivity contribution < 1.29 is 19.0 Å². The fraction of sp³-hybridized carbons (Fsp3) is 0.0588. The zero-order chi connectivity index (χ0) is 16.6. The molecular weight excluding hydrogens is 365 g/mol. The smallest absolute Gasteiger partial charge is 0.336 e. The number of nitrogens with zero attached hydrogens (tertiary/aromatic N) is 1. The first-order valence-corrected chi connectivity index (χ1v) is 7.47. The predicted molar refractivity (Wildman–Crippen MR) is 88.3 cm³/mol. The van der Waals surface area contributed by atoms with Gasteiger partial charge >= 0.3 is 5.97 Å². The first-order chi connectivity index (χ1) is 11.0. The second kappa shape index (κ2) is 5.96. The van der Waals surface area contributed by atoms with Crippen LogP contribution in [0.1, 0.15) is 10.4 Å². The van der Waals surface area contributed by atoms with Gasteiger partial charge in [-0.2, -0.15) is 0 Å². The van der Waals surface area contributed by atoms with Crippen molar-refractivity contribution in [3.63, 3.8) is 0 Å². The van der Waals surface area contributed by atoms with Crippen LogP contribution in [-0.4, -0.2) is 23.2 Å². The molecule has 6 heteroatoms. The van der Waals surface area contributed by atoms with Crippen LogP contribution in [0.4, 0.5) is 4.39 Å². The van der Waals surface area contributed by atoms with Crippen LogP contribution in [0.2, 0.25) is 0 Å². The van der Waals surface area contributed by atoms with E-state index in [9.17, 15) is 14.3 Å². The van der Waals surface area contributed by atoms with Gasteiger partial charge in [0.25, 0.3) is 0 Å². The average Bonchev–Trinajstić information content (AvgIpc) is 2.54. The lowest BCUT2D eigenvalue weighted by molar-refractivity contribution is 0.0699. The van der Waals surface area contributed by atoms with Crippen LogP contribution in [0.15, 0.2) is 46.9 Å². The summed E-state index contributed by atoms with van der Waals surface area (Å²) in [6, 6.07) is 10.7. The monoisotopic (exact) mass is 375 g/mol. The van der Waals surface area contributed by atoms with E-state index < -0.39 is 11.8 Å². The quantitative estimate of drug-likeness (QED) is 0.731. The molecule has 0 saturated carbocycles. The third kappa shape index (κ3) is 2.77. The van der Waals surface area contributed by atoms with Gasteiger partial charge in [0.2, 0.25) is 0 Å². The van der Waals surface area contributed by atoms with E-state index in [1.165, 1.54) is 31.4 Å². The lowest BCUT2D eigenvalue weighted by atomic mass is 10.0. The van der Waals surface area contributed by atoms with Crippen molar-refractivity contribution in [2.45, 2.75) is 0 Å². The number of carbonyl (C=O) groups is 1. The Bertz CT molecular complexity index is 927. The van der Waals surface area contributed by atoms with Gasteiger partial charge in [-0.3, -0.25) is 0 Å². The minimum atomic E-state index is -1.08. The third-order valence-corrected chi connectivity index (χ3v) is 4.10. The molecule has 1 heterocycles. The summed E-state index contributed by atoms with van der Waals surface area (Å²) in [5, 5.41) is 9.98. The molecule has 0 unspecified atom stereocenters. The number of carboxylic acid groups (broad SMARTS) is 1. The second-order valence-corrected chi connectivity index (χ2v) is 5.70. The highest BCUT2D eigenvalue weighted by Crippen LogP contribution is 2.34. The van der Waals surface area contributed by atoms with Gasteiger partial charge in [0.05, 0.1) is 23.9 Å². The fourth-order valence-corrected chi connectivity index (χ4v) is 2.86. The highest BCUT2D eigenvalue weighted by Gasteiger charge is 2.17. The van der Waals surface area contributed by atoms with Gasteiger partial charge in [-0.15, -0.1) is 0 Å². The van der Waals surface area contributed by atoms with E-state index in [0.29, 0.717) is 32.4 Å². The van der Waals surface area contributed by atoms with Crippen LogP contribution >= 0.6 is 15.9 Å². The summed E-state index contributed by atoms with van der Waals surface area (Å²) >= 11 is 3.38. The Hall–Kier alpha value is -2.47. The number of halogens is 2. The molecule has 2 aromatic carbocycles. The van der Waals surface area contributed by atoms with E-state index in [1.807, 2.05) is 0 Å². The number of hydrogen-bond donors (Lipinski definition) is 1. The van der Waals surface area contributed by atoms with Crippen molar-refractivity contribution in [1.29, 1.82) is 0 Å². The van der Waals surface area contributed by atoms with Gasteiger partial charge < -0.3 is 9.84 Å². The Morgan fingerprint density at radius 1 is 1.26 bits per heavy atom. The molecule has 0 aliphatic rings. The van der Waals surface area contributed by atoms with E-state index >= 15 is 0 Å². The number of para-hydroxylation sites is 1. The largest absolute Gasteiger partial charge is 0.496 e. The summed E-state index contributed by atoms with van der Waals surface area (Å²) in [7, 11) is 1.46. The van der Waals surface area contributed by atoms with Crippen molar-refractivity contribution in [3.05, 3.63) is 58.3 Å². The molecular formula is C17H11BrFNO3. The number of benzene rings is 2. The zero-order valence-corrected chi connectivity index (χ0v) is 13.6. The number of carboxylic acids is 1. The number of ether oxygens (including phenoxy) is 1. The summed E-state index contributed by atoms with van der Waals surface area (Å²) in [6.07, 6.45) is 0. The lowest BCUT2D eigenvalue weighted by Crippen LogP contribution is -2.01. The van der Waals surface area contributed by atoms with Gasteiger partial charge in [-0.05, 0) is 46.3 Å². The SMILES string of the molecule is COc1ccc(F)cc1-c1cc(C(=O)O)c2cccc(Br)c2n1. The summed E-state index contributed by atoms with van der Waals surface area (Å²) in [4.78, 5) is 16.1. The Kier molecular flexibility index (Phi) is 4.00. The molecule has 0 atom stereocenters. The summed E-state index contributed by atoms with van der Waals surface area (Å²) in [5.41, 5.74) is 1.32. The molecule has 116 valence electrons. The molecule has 1 N–H and O–H groups in total. The van der Waals surface area contributed by atoms with Crippen LogP contribution in [-0.2, 0) is 0 Å². The summed E-state index contributed by atoms with van der Waals surface area (Å²) in [5.74, 6) is -1.11. The molecule has 23 heavy (non-hydrogen) atoms. The van der Waals surface area contributed by atoms with E-state index in [4.69, 9.17) is 4.74 Å². The van der Waals surface area contributed by atoms with Gasteiger partial charge in [-0.25, -0.2) is 14.2 Å². The minimum absolute atomic E-state index is 0.0950. The topological polar surface area (TPSA) is 59.4 Å². The first kappa shape index (κ1) is 15.4. The number of hydrogen-bond acceptors (Lipinski definition) is 3. The zero-order valence-electron chi connectivity index (χ0n) is 12.0. The number of methoxy groups -OCH3 is 1. The van der Waals surface area contributed by atoms with E-state index in [-0.39, 0.29) is 5.56 Å². The average molecular weight is 376 g/mol. The van der Waals surface area contributed by atoms with Crippen molar-refractivity contribution in [3.8, 4) is 17.0 Å². The fourth-order valence-electron chi connectivity index (χ4n) is 2.41. The van der Waals surface area contributed by atoms with Gasteiger partial charge in [-0.1, -0.05) is 12.1 Å². The molecule has 3 rings (SSSR count). The number of fused-ring (bicyclic) bond motifs is 1. The summed E-state index contributed by atoms with van der Waals surface area (Å²) in [6.45, 7) is 0. The van der Waals surface area contributed by atoms with Crippen LogP contribution in [0.5, 0.6) is 5.75 Å². The van der Waals surface area contributed by atoms with Crippen molar-refractivity contribution in [2.75, 3.05) is 7.11 Å². The van der Waals surface area contributed by atoms with E-state index in [0.717, 1.165) is 0 Å². The Balaban J connectivity index is 2.37. The maximum Gasteiger partial charge on any atom is 0.336 e. The van der Waals surface area contributed by atoms with Crippen molar-refractivity contribution in [2.24, 2.45) is 0 Å². The molecule has 0 radical (unpaired) electrons. The second-order valence-electron chi connectivity index (χ2n) is 4.84. The number of aromatic carboxylic acids is 1. The van der Waals surface area contributed by atoms with Crippen LogP contribution in [0.3, 0.4) is 0 Å². The molecule has 0 bridgehead atoms. The standard InChI is InChI=1S/C17H11BrFNO3/c1-23-15-6-5-9(19)7-12(15)14-8-11(17(21)22)10-3-2-4-13(18)16(10)20-14/h2-8H,1H3,(H,21,22). The molecule has 0 saturated heterocycles. The molecule has 1 aromatic heterocycles. The van der Waals surface area contributed by atoms with Crippen LogP contribution in [0, 0.1) is 5.82 Å².